The number of piperazine rings is 1. The van der Waals surface area contributed by atoms with Crippen LogP contribution in [-0.4, -0.2) is 37.1 Å². The lowest BCUT2D eigenvalue weighted by atomic mass is 9.96. The zero-order valence-corrected chi connectivity index (χ0v) is 16.9. The molecule has 29 heavy (non-hydrogen) atoms. The Morgan fingerprint density at radius 2 is 1.34 bits per heavy atom. The summed E-state index contributed by atoms with van der Waals surface area (Å²) in [7, 11) is 0. The summed E-state index contributed by atoms with van der Waals surface area (Å²) in [5, 5.41) is 9.10. The molecule has 4 aromatic rings. The summed E-state index contributed by atoms with van der Waals surface area (Å²) in [6.45, 7) is 4.39. The summed E-state index contributed by atoms with van der Waals surface area (Å²) in [4.78, 5) is 2.69. The molecule has 1 fully saturated rings. The van der Waals surface area contributed by atoms with Gasteiger partial charge in [0.05, 0.1) is 0 Å². The number of hydrogen-bond acceptors (Lipinski definition) is 2. The van der Waals surface area contributed by atoms with Gasteiger partial charge in [-0.25, -0.2) is 0 Å². The van der Waals surface area contributed by atoms with Gasteiger partial charge in [-0.2, -0.15) is 0 Å². The normalized spacial score (nSPS) is 17.7. The van der Waals surface area contributed by atoms with Gasteiger partial charge in [-0.1, -0.05) is 84.9 Å². The highest BCUT2D eigenvalue weighted by atomic mass is 15.2. The van der Waals surface area contributed by atoms with E-state index in [4.69, 9.17) is 0 Å². The Balaban J connectivity index is 1.35. The van der Waals surface area contributed by atoms with Crippen molar-refractivity contribution in [3.8, 4) is 0 Å². The second kappa shape index (κ2) is 8.36. The molecule has 0 unspecified atom stereocenters. The van der Waals surface area contributed by atoms with Crippen LogP contribution in [-0.2, 0) is 12.8 Å². The molecule has 0 bridgehead atoms. The molecule has 0 aromatic heterocycles. The third-order valence-corrected chi connectivity index (χ3v) is 6.36. The van der Waals surface area contributed by atoms with Crippen molar-refractivity contribution in [1.82, 2.24) is 10.2 Å². The van der Waals surface area contributed by atoms with Gasteiger partial charge in [-0.3, -0.25) is 4.90 Å². The molecule has 1 saturated heterocycles. The molecule has 146 valence electrons. The van der Waals surface area contributed by atoms with Crippen LogP contribution >= 0.6 is 0 Å². The SMILES string of the molecule is c1ccc2c(CCN3CCNC[C@H]3Cc3cccc4ccccc34)cccc2c1. The number of rotatable bonds is 5. The van der Waals surface area contributed by atoms with Gasteiger partial charge in [0.15, 0.2) is 0 Å². The Morgan fingerprint density at radius 3 is 2.10 bits per heavy atom. The number of nitrogens with one attached hydrogen (secondary N) is 1. The molecular formula is C27H28N2. The molecule has 0 saturated carbocycles. The molecule has 1 aliphatic rings. The maximum absolute atomic E-state index is 3.62. The zero-order chi connectivity index (χ0) is 19.5. The highest BCUT2D eigenvalue weighted by molar-refractivity contribution is 5.86. The molecule has 2 nitrogen and oxygen atoms in total. The van der Waals surface area contributed by atoms with Crippen molar-refractivity contribution in [3.63, 3.8) is 0 Å². The number of hydrogen-bond donors (Lipinski definition) is 1. The van der Waals surface area contributed by atoms with Crippen LogP contribution in [0.15, 0.2) is 84.9 Å². The van der Waals surface area contributed by atoms with E-state index in [0.717, 1.165) is 39.0 Å². The fourth-order valence-corrected chi connectivity index (χ4v) is 4.80. The molecule has 0 spiro atoms. The zero-order valence-electron chi connectivity index (χ0n) is 16.9. The molecule has 1 aliphatic heterocycles. The number of fused-ring (bicyclic) bond motifs is 2. The van der Waals surface area contributed by atoms with Gasteiger partial charge in [0.25, 0.3) is 0 Å². The van der Waals surface area contributed by atoms with Crippen molar-refractivity contribution in [2.45, 2.75) is 18.9 Å². The lowest BCUT2D eigenvalue weighted by Gasteiger charge is -2.36. The van der Waals surface area contributed by atoms with Gasteiger partial charge in [-0.05, 0) is 45.5 Å². The topological polar surface area (TPSA) is 15.3 Å². The summed E-state index contributed by atoms with van der Waals surface area (Å²) in [6, 6.07) is 31.5. The lowest BCUT2D eigenvalue weighted by molar-refractivity contribution is 0.162. The highest BCUT2D eigenvalue weighted by Crippen LogP contribution is 2.23. The fraction of sp³-hybridized carbons (Fsp3) is 0.259. The molecule has 1 heterocycles. The van der Waals surface area contributed by atoms with Gasteiger partial charge in [-0.15, -0.1) is 0 Å². The molecular weight excluding hydrogens is 352 g/mol. The van der Waals surface area contributed by atoms with Crippen molar-refractivity contribution in [2.24, 2.45) is 0 Å². The minimum Gasteiger partial charge on any atom is -0.314 e. The van der Waals surface area contributed by atoms with Crippen LogP contribution in [0.3, 0.4) is 0 Å². The van der Waals surface area contributed by atoms with Crippen molar-refractivity contribution in [1.29, 1.82) is 0 Å². The van der Waals surface area contributed by atoms with E-state index < -0.39 is 0 Å². The molecule has 1 atom stereocenters. The summed E-state index contributed by atoms with van der Waals surface area (Å²) in [5.41, 5.74) is 2.93. The van der Waals surface area contributed by atoms with Gasteiger partial charge >= 0.3 is 0 Å². The van der Waals surface area contributed by atoms with E-state index >= 15 is 0 Å². The Morgan fingerprint density at radius 1 is 0.724 bits per heavy atom. The van der Waals surface area contributed by atoms with Gasteiger partial charge in [0, 0.05) is 32.2 Å². The summed E-state index contributed by atoms with van der Waals surface area (Å²) in [5.74, 6) is 0. The first-order chi connectivity index (χ1) is 14.4. The summed E-state index contributed by atoms with van der Waals surface area (Å²) >= 11 is 0. The Hall–Kier alpha value is -2.68. The second-order valence-electron chi connectivity index (χ2n) is 8.12. The Bertz CT molecular complexity index is 1110. The van der Waals surface area contributed by atoms with Gasteiger partial charge in [0.1, 0.15) is 0 Å². The maximum atomic E-state index is 3.62. The van der Waals surface area contributed by atoms with Crippen molar-refractivity contribution < 1.29 is 0 Å². The van der Waals surface area contributed by atoms with E-state index in [1.54, 1.807) is 0 Å². The minimum absolute atomic E-state index is 0.546. The summed E-state index contributed by atoms with van der Waals surface area (Å²) < 4.78 is 0. The second-order valence-corrected chi connectivity index (χ2v) is 8.12. The van der Waals surface area contributed by atoms with E-state index in [2.05, 4.69) is 95.1 Å². The van der Waals surface area contributed by atoms with E-state index in [0.29, 0.717) is 6.04 Å². The van der Waals surface area contributed by atoms with E-state index in [1.807, 2.05) is 0 Å². The van der Waals surface area contributed by atoms with Crippen LogP contribution < -0.4 is 5.32 Å². The van der Waals surface area contributed by atoms with Gasteiger partial charge < -0.3 is 5.32 Å². The monoisotopic (exact) mass is 380 g/mol. The Kier molecular flexibility index (Phi) is 5.29. The van der Waals surface area contributed by atoms with Crippen LogP contribution in [0.25, 0.3) is 21.5 Å². The van der Waals surface area contributed by atoms with Crippen molar-refractivity contribution >= 4 is 21.5 Å². The predicted molar refractivity (Wildman–Crippen MR) is 124 cm³/mol. The smallest absolute Gasteiger partial charge is 0.0261 e. The average Bonchev–Trinajstić information content (AvgIpc) is 2.79. The molecule has 4 aromatic carbocycles. The van der Waals surface area contributed by atoms with Crippen LogP contribution in [0, 0.1) is 0 Å². The first-order valence-corrected chi connectivity index (χ1v) is 10.8. The average molecular weight is 381 g/mol. The van der Waals surface area contributed by atoms with Crippen molar-refractivity contribution in [2.75, 3.05) is 26.2 Å². The van der Waals surface area contributed by atoms with Crippen molar-refractivity contribution in [3.05, 3.63) is 96.1 Å². The first kappa shape index (κ1) is 18.4. The molecule has 0 amide bonds. The van der Waals surface area contributed by atoms with E-state index in [1.165, 1.54) is 32.7 Å². The van der Waals surface area contributed by atoms with Crippen LogP contribution in [0.5, 0.6) is 0 Å². The molecule has 1 N–H and O–H groups in total. The fourth-order valence-electron chi connectivity index (χ4n) is 4.80. The number of nitrogens with zero attached hydrogens (tertiary/aromatic N) is 1. The molecule has 0 aliphatic carbocycles. The first-order valence-electron chi connectivity index (χ1n) is 10.8. The molecule has 2 heteroatoms. The van der Waals surface area contributed by atoms with E-state index in [-0.39, 0.29) is 0 Å². The van der Waals surface area contributed by atoms with Gasteiger partial charge in [0.2, 0.25) is 0 Å². The largest absolute Gasteiger partial charge is 0.314 e. The predicted octanol–water partition coefficient (Wildman–Crippen LogP) is 5.05. The maximum Gasteiger partial charge on any atom is 0.0261 e. The third-order valence-electron chi connectivity index (χ3n) is 6.36. The summed E-state index contributed by atoms with van der Waals surface area (Å²) in [6.07, 6.45) is 2.21. The molecule has 5 rings (SSSR count). The van der Waals surface area contributed by atoms with Crippen LogP contribution in [0.1, 0.15) is 11.1 Å². The van der Waals surface area contributed by atoms with Crippen LogP contribution in [0.4, 0.5) is 0 Å². The standard InChI is InChI=1S/C27H28N2/c1-3-13-26-21(7-1)9-5-11-23(26)15-17-29-18-16-28-20-25(29)19-24-12-6-10-22-8-2-4-14-27(22)24/h1-14,25,28H,15-20H2/t25-/m1/s1. The van der Waals surface area contributed by atoms with E-state index in [9.17, 15) is 0 Å². The minimum atomic E-state index is 0.546. The highest BCUT2D eigenvalue weighted by Gasteiger charge is 2.22. The quantitative estimate of drug-likeness (QED) is 0.521. The number of benzene rings is 4. The lowest BCUT2D eigenvalue weighted by Crippen LogP contribution is -2.52. The Labute approximate surface area is 173 Å². The molecule has 0 radical (unpaired) electrons. The third kappa shape index (κ3) is 3.91. The van der Waals surface area contributed by atoms with Crippen LogP contribution in [0.2, 0.25) is 0 Å².